The smallest absolute Gasteiger partial charge is 0.209 e. The van der Waals surface area contributed by atoms with E-state index in [4.69, 9.17) is 11.0 Å². The first-order valence-electron chi connectivity index (χ1n) is 5.20. The number of hydrogen-bond donors (Lipinski definition) is 2. The fourth-order valence-corrected chi connectivity index (χ4v) is 0.912. The van der Waals surface area contributed by atoms with E-state index in [1.807, 2.05) is 12.1 Å². The van der Waals surface area contributed by atoms with Gasteiger partial charge in [0.2, 0.25) is 6.41 Å². The molecule has 100 valence electrons. The van der Waals surface area contributed by atoms with Crippen LogP contribution in [0.3, 0.4) is 0 Å². The van der Waals surface area contributed by atoms with Gasteiger partial charge in [-0.15, -0.1) is 0 Å². The van der Waals surface area contributed by atoms with E-state index in [0.717, 1.165) is 12.0 Å². The average Bonchev–Trinajstić information content (AvgIpc) is 2.39. The van der Waals surface area contributed by atoms with Gasteiger partial charge in [-0.1, -0.05) is 12.1 Å². The second-order valence-corrected chi connectivity index (χ2v) is 3.98. The van der Waals surface area contributed by atoms with Gasteiger partial charge in [-0.25, -0.2) is 0 Å². The van der Waals surface area contributed by atoms with Gasteiger partial charge >= 0.3 is 0 Å². The van der Waals surface area contributed by atoms with Gasteiger partial charge in [0.25, 0.3) is 0 Å². The minimum absolute atomic E-state index is 0.109. The molecule has 0 bridgehead atoms. The Kier molecular flexibility index (Phi) is 8.32. The van der Waals surface area contributed by atoms with Crippen molar-refractivity contribution in [3.63, 3.8) is 0 Å². The van der Waals surface area contributed by atoms with Crippen LogP contribution in [-0.2, 0) is 4.79 Å². The lowest BCUT2D eigenvalue weighted by molar-refractivity contribution is -0.115. The minimum atomic E-state index is 0.109. The Morgan fingerprint density at radius 3 is 2.68 bits per heavy atom. The zero-order valence-electron chi connectivity index (χ0n) is 10.7. The summed E-state index contributed by atoms with van der Waals surface area (Å²) in [5, 5.41) is 12.5. The lowest BCUT2D eigenvalue weighted by atomic mass is 10.1. The van der Waals surface area contributed by atoms with E-state index < -0.39 is 0 Å². The van der Waals surface area contributed by atoms with Crippen molar-refractivity contribution in [3.05, 3.63) is 35.4 Å². The number of nitrogens with two attached hydrogens (primary N) is 1. The van der Waals surface area contributed by atoms with Gasteiger partial charge in [-0.3, -0.25) is 10.2 Å². The van der Waals surface area contributed by atoms with Crippen LogP contribution >= 0.6 is 12.2 Å². The van der Waals surface area contributed by atoms with Crippen LogP contribution in [0.15, 0.2) is 29.4 Å². The molecule has 1 aromatic carbocycles. The number of nitrogens with zero attached hydrogens (tertiary/aromatic N) is 3. The molecular formula is C12H15N5OS. The third kappa shape index (κ3) is 9.26. The van der Waals surface area contributed by atoms with Crippen LogP contribution in [0, 0.1) is 11.3 Å². The Bertz CT molecular complexity index is 493. The van der Waals surface area contributed by atoms with Crippen molar-refractivity contribution in [1.82, 2.24) is 10.3 Å². The molecule has 1 aromatic rings. The van der Waals surface area contributed by atoms with E-state index in [2.05, 4.69) is 22.7 Å². The highest BCUT2D eigenvalue weighted by Crippen LogP contribution is 2.00. The first-order chi connectivity index (χ1) is 8.99. The Hall–Kier alpha value is -2.46. The lowest BCUT2D eigenvalue weighted by Gasteiger charge is -1.95. The maximum absolute atomic E-state index is 9.43. The molecule has 0 fully saturated rings. The number of hydrazone groups is 1. The SMILES string of the molecule is CN(C)C=O.N#Cc1cccc(/C=N/NC(N)=S)c1. The lowest BCUT2D eigenvalue weighted by Crippen LogP contribution is -2.23. The highest BCUT2D eigenvalue weighted by Gasteiger charge is 1.90. The summed E-state index contributed by atoms with van der Waals surface area (Å²) in [5.41, 5.74) is 8.99. The molecule has 0 aromatic heterocycles. The summed E-state index contributed by atoms with van der Waals surface area (Å²) in [6.45, 7) is 0. The first-order valence-corrected chi connectivity index (χ1v) is 5.60. The van der Waals surface area contributed by atoms with Crippen LogP contribution in [0.1, 0.15) is 11.1 Å². The van der Waals surface area contributed by atoms with Gasteiger partial charge in [0, 0.05) is 14.1 Å². The van der Waals surface area contributed by atoms with Crippen molar-refractivity contribution >= 4 is 30.0 Å². The number of thiocarbonyl (C=S) groups is 1. The fraction of sp³-hybridized carbons (Fsp3) is 0.167. The molecule has 0 saturated carbocycles. The maximum Gasteiger partial charge on any atom is 0.209 e. The topological polar surface area (TPSA) is 94.5 Å². The summed E-state index contributed by atoms with van der Waals surface area (Å²) in [7, 11) is 3.38. The standard InChI is InChI=1S/C9H8N4S.C3H7NO/c10-5-7-2-1-3-8(4-7)6-12-13-9(11)14;1-4(2)3-5/h1-4,6H,(H3,11,13,14);3H,1-2H3/b12-6+;. The van der Waals surface area contributed by atoms with Gasteiger partial charge in [-0.05, 0) is 29.9 Å². The summed E-state index contributed by atoms with van der Waals surface area (Å²) < 4.78 is 0. The number of rotatable bonds is 3. The quantitative estimate of drug-likeness (QED) is 0.361. The maximum atomic E-state index is 9.43. The third-order valence-electron chi connectivity index (χ3n) is 1.61. The molecule has 0 saturated heterocycles. The molecule has 19 heavy (non-hydrogen) atoms. The van der Waals surface area contributed by atoms with Crippen molar-refractivity contribution < 1.29 is 4.79 Å². The van der Waals surface area contributed by atoms with Gasteiger partial charge in [-0.2, -0.15) is 10.4 Å². The summed E-state index contributed by atoms with van der Waals surface area (Å²) in [4.78, 5) is 10.9. The van der Waals surface area contributed by atoms with E-state index in [1.165, 1.54) is 4.90 Å². The van der Waals surface area contributed by atoms with Crippen LogP contribution in [0.4, 0.5) is 0 Å². The zero-order chi connectivity index (χ0) is 14.7. The predicted octanol–water partition coefficient (Wildman–Crippen LogP) is 0.430. The van der Waals surface area contributed by atoms with E-state index in [1.54, 1.807) is 38.5 Å². The van der Waals surface area contributed by atoms with Crippen LogP contribution in [-0.4, -0.2) is 36.7 Å². The Morgan fingerprint density at radius 1 is 1.58 bits per heavy atom. The molecule has 6 nitrogen and oxygen atoms in total. The van der Waals surface area contributed by atoms with Crippen LogP contribution < -0.4 is 11.2 Å². The van der Waals surface area contributed by atoms with Gasteiger partial charge in [0.1, 0.15) is 0 Å². The molecule has 0 aliphatic heterocycles. The minimum Gasteiger partial charge on any atom is -0.375 e. The molecule has 0 aliphatic carbocycles. The van der Waals surface area contributed by atoms with E-state index in [-0.39, 0.29) is 5.11 Å². The summed E-state index contributed by atoms with van der Waals surface area (Å²) >= 11 is 4.56. The number of nitriles is 1. The van der Waals surface area contributed by atoms with Gasteiger partial charge in [0.15, 0.2) is 5.11 Å². The summed E-state index contributed by atoms with van der Waals surface area (Å²) in [5.74, 6) is 0. The molecule has 0 atom stereocenters. The molecule has 0 aliphatic rings. The monoisotopic (exact) mass is 277 g/mol. The first kappa shape index (κ1) is 16.5. The molecule has 0 radical (unpaired) electrons. The highest BCUT2D eigenvalue weighted by molar-refractivity contribution is 7.80. The molecular weight excluding hydrogens is 262 g/mol. The fourth-order valence-electron chi connectivity index (χ4n) is 0.859. The average molecular weight is 277 g/mol. The van der Waals surface area contributed by atoms with Crippen LogP contribution in [0.2, 0.25) is 0 Å². The van der Waals surface area contributed by atoms with Gasteiger partial charge < -0.3 is 10.6 Å². The second-order valence-electron chi connectivity index (χ2n) is 3.54. The molecule has 1 rings (SSSR count). The second kappa shape index (κ2) is 9.56. The molecule has 0 heterocycles. The number of carbonyl (C=O) groups excluding carboxylic acids is 1. The molecule has 3 N–H and O–H groups in total. The Balaban J connectivity index is 0.000000555. The van der Waals surface area contributed by atoms with Crippen LogP contribution in [0.5, 0.6) is 0 Å². The summed E-state index contributed by atoms with van der Waals surface area (Å²) in [6.07, 6.45) is 2.29. The predicted molar refractivity (Wildman–Crippen MR) is 78.4 cm³/mol. The molecule has 0 unspecified atom stereocenters. The Morgan fingerprint density at radius 2 is 2.21 bits per heavy atom. The zero-order valence-corrected chi connectivity index (χ0v) is 11.5. The number of nitrogens with one attached hydrogen (secondary N) is 1. The summed E-state index contributed by atoms with van der Waals surface area (Å²) in [6, 6.07) is 9.07. The Labute approximate surface area is 117 Å². The van der Waals surface area contributed by atoms with Crippen molar-refractivity contribution in [1.29, 1.82) is 5.26 Å². The largest absolute Gasteiger partial charge is 0.375 e. The van der Waals surface area contributed by atoms with E-state index >= 15 is 0 Å². The van der Waals surface area contributed by atoms with Crippen molar-refractivity contribution in [2.24, 2.45) is 10.8 Å². The third-order valence-corrected chi connectivity index (χ3v) is 1.71. The van der Waals surface area contributed by atoms with Crippen molar-refractivity contribution in [2.75, 3.05) is 14.1 Å². The van der Waals surface area contributed by atoms with Gasteiger partial charge in [0.05, 0.1) is 17.8 Å². The molecule has 0 spiro atoms. The number of amides is 1. The highest BCUT2D eigenvalue weighted by atomic mass is 32.1. The van der Waals surface area contributed by atoms with E-state index in [9.17, 15) is 4.79 Å². The number of carbonyl (C=O) groups is 1. The van der Waals surface area contributed by atoms with Crippen molar-refractivity contribution in [3.8, 4) is 6.07 Å². The van der Waals surface area contributed by atoms with E-state index in [0.29, 0.717) is 5.56 Å². The van der Waals surface area contributed by atoms with Crippen molar-refractivity contribution in [2.45, 2.75) is 0 Å². The molecule has 1 amide bonds. The van der Waals surface area contributed by atoms with Crippen LogP contribution in [0.25, 0.3) is 0 Å². The normalized spacial score (nSPS) is 8.89. The number of benzene rings is 1. The number of hydrogen-bond acceptors (Lipinski definition) is 4. The molecule has 7 heteroatoms.